The molecule has 0 spiro atoms. The van der Waals surface area contributed by atoms with Crippen LogP contribution in [0.2, 0.25) is 5.02 Å². The van der Waals surface area contributed by atoms with Gasteiger partial charge in [0.05, 0.1) is 33.7 Å². The van der Waals surface area contributed by atoms with Gasteiger partial charge in [0, 0.05) is 0 Å². The van der Waals surface area contributed by atoms with Crippen molar-refractivity contribution in [3.63, 3.8) is 0 Å². The first-order valence-corrected chi connectivity index (χ1v) is 5.81. The Labute approximate surface area is 111 Å². The summed E-state index contributed by atoms with van der Waals surface area (Å²) in [6.45, 7) is 1.97. The molecular formula is C14H12ClN3. The van der Waals surface area contributed by atoms with E-state index in [4.69, 9.17) is 22.6 Å². The molecule has 0 bridgehead atoms. The lowest BCUT2D eigenvalue weighted by Crippen LogP contribution is -1.99. The molecule has 0 saturated carbocycles. The fourth-order valence-electron chi connectivity index (χ4n) is 1.67. The van der Waals surface area contributed by atoms with E-state index in [9.17, 15) is 0 Å². The van der Waals surface area contributed by atoms with Gasteiger partial charge >= 0.3 is 0 Å². The highest BCUT2D eigenvalue weighted by molar-refractivity contribution is 6.33. The van der Waals surface area contributed by atoms with Crippen LogP contribution in [0.5, 0.6) is 0 Å². The highest BCUT2D eigenvalue weighted by Crippen LogP contribution is 2.31. The molecular weight excluding hydrogens is 246 g/mol. The molecule has 0 atom stereocenters. The average Bonchev–Trinajstić information content (AvgIpc) is 2.35. The maximum absolute atomic E-state index is 8.78. The van der Waals surface area contributed by atoms with E-state index in [2.05, 4.69) is 5.32 Å². The number of aryl methyl sites for hydroxylation is 1. The van der Waals surface area contributed by atoms with Crippen molar-refractivity contribution in [2.24, 2.45) is 0 Å². The third kappa shape index (κ3) is 2.39. The van der Waals surface area contributed by atoms with Gasteiger partial charge in [-0.05, 0) is 36.8 Å². The van der Waals surface area contributed by atoms with Crippen molar-refractivity contribution in [1.82, 2.24) is 0 Å². The van der Waals surface area contributed by atoms with Crippen molar-refractivity contribution in [3.05, 3.63) is 52.5 Å². The quantitative estimate of drug-likeness (QED) is 0.804. The number of nitrogen functional groups attached to an aromatic ring is 1. The van der Waals surface area contributed by atoms with Gasteiger partial charge in [0.15, 0.2) is 0 Å². The van der Waals surface area contributed by atoms with Crippen LogP contribution in [-0.2, 0) is 0 Å². The Balaban J connectivity index is 2.38. The van der Waals surface area contributed by atoms with Crippen LogP contribution in [-0.4, -0.2) is 0 Å². The van der Waals surface area contributed by atoms with Crippen LogP contribution >= 0.6 is 11.6 Å². The van der Waals surface area contributed by atoms with E-state index in [1.54, 1.807) is 18.2 Å². The zero-order valence-electron chi connectivity index (χ0n) is 9.87. The van der Waals surface area contributed by atoms with Gasteiger partial charge in [-0.15, -0.1) is 0 Å². The molecule has 0 aliphatic rings. The number of nitrogens with one attached hydrogen (secondary N) is 1. The molecule has 3 N–H and O–H groups in total. The standard InChI is InChI=1S/C14H12ClN3/c1-9-3-2-4-11(15)14(9)18-13-6-5-10(8-16)7-12(13)17/h2-7,18H,17H2,1H3. The molecule has 0 aliphatic heterocycles. The molecule has 18 heavy (non-hydrogen) atoms. The first kappa shape index (κ1) is 12.3. The van der Waals surface area contributed by atoms with Crippen LogP contribution in [0.1, 0.15) is 11.1 Å². The SMILES string of the molecule is Cc1cccc(Cl)c1Nc1ccc(C#N)cc1N. The first-order valence-electron chi connectivity index (χ1n) is 5.43. The highest BCUT2D eigenvalue weighted by atomic mass is 35.5. The van der Waals surface area contributed by atoms with Crippen molar-refractivity contribution >= 4 is 28.7 Å². The second-order valence-corrected chi connectivity index (χ2v) is 4.38. The smallest absolute Gasteiger partial charge is 0.0992 e. The van der Waals surface area contributed by atoms with Crippen LogP contribution in [0.4, 0.5) is 17.1 Å². The van der Waals surface area contributed by atoms with Gasteiger partial charge < -0.3 is 11.1 Å². The normalized spacial score (nSPS) is 9.83. The second kappa shape index (κ2) is 4.99. The van der Waals surface area contributed by atoms with Gasteiger partial charge in [-0.2, -0.15) is 5.26 Å². The highest BCUT2D eigenvalue weighted by Gasteiger charge is 2.06. The molecule has 2 rings (SSSR count). The van der Waals surface area contributed by atoms with E-state index in [1.807, 2.05) is 31.2 Å². The minimum absolute atomic E-state index is 0.522. The molecule has 2 aromatic rings. The van der Waals surface area contributed by atoms with Crippen LogP contribution in [0.25, 0.3) is 0 Å². The monoisotopic (exact) mass is 257 g/mol. The minimum atomic E-state index is 0.522. The summed E-state index contributed by atoms with van der Waals surface area (Å²) in [5.41, 5.74) is 9.55. The van der Waals surface area contributed by atoms with Crippen LogP contribution < -0.4 is 11.1 Å². The topological polar surface area (TPSA) is 61.8 Å². The van der Waals surface area contributed by atoms with E-state index < -0.39 is 0 Å². The number of hydrogen-bond donors (Lipinski definition) is 2. The summed E-state index contributed by atoms with van der Waals surface area (Å²) in [4.78, 5) is 0. The molecule has 0 saturated heterocycles. The number of nitrogens with two attached hydrogens (primary N) is 1. The van der Waals surface area contributed by atoms with Crippen molar-refractivity contribution in [1.29, 1.82) is 5.26 Å². The summed E-state index contributed by atoms with van der Waals surface area (Å²) in [5.74, 6) is 0. The van der Waals surface area contributed by atoms with Gasteiger partial charge in [-0.1, -0.05) is 23.7 Å². The number of anilines is 3. The number of nitrogens with zero attached hydrogens (tertiary/aromatic N) is 1. The Hall–Kier alpha value is -2.18. The first-order chi connectivity index (χ1) is 8.61. The average molecular weight is 258 g/mol. The van der Waals surface area contributed by atoms with E-state index in [0.717, 1.165) is 16.9 Å². The van der Waals surface area contributed by atoms with Crippen molar-refractivity contribution in [2.75, 3.05) is 11.1 Å². The zero-order valence-corrected chi connectivity index (χ0v) is 10.6. The summed E-state index contributed by atoms with van der Waals surface area (Å²) < 4.78 is 0. The van der Waals surface area contributed by atoms with Crippen molar-refractivity contribution in [2.45, 2.75) is 6.92 Å². The third-order valence-corrected chi connectivity index (χ3v) is 2.98. The number of nitriles is 1. The Morgan fingerprint density at radius 1 is 1.28 bits per heavy atom. The number of para-hydroxylation sites is 1. The summed E-state index contributed by atoms with van der Waals surface area (Å²) in [6.07, 6.45) is 0. The Bertz CT molecular complexity index is 609. The molecule has 0 radical (unpaired) electrons. The van der Waals surface area contributed by atoms with Crippen LogP contribution in [0, 0.1) is 18.3 Å². The van der Waals surface area contributed by atoms with Crippen LogP contribution in [0.3, 0.4) is 0 Å². The molecule has 0 aliphatic carbocycles. The maximum atomic E-state index is 8.78. The van der Waals surface area contributed by atoms with Crippen molar-refractivity contribution in [3.8, 4) is 6.07 Å². The molecule has 0 aromatic heterocycles. The van der Waals surface area contributed by atoms with Gasteiger partial charge in [0.25, 0.3) is 0 Å². The number of benzene rings is 2. The van der Waals surface area contributed by atoms with Crippen molar-refractivity contribution < 1.29 is 0 Å². The molecule has 3 nitrogen and oxygen atoms in total. The predicted octanol–water partition coefficient (Wildman–Crippen LogP) is 3.85. The molecule has 90 valence electrons. The summed E-state index contributed by atoms with van der Waals surface area (Å²) in [7, 11) is 0. The maximum Gasteiger partial charge on any atom is 0.0992 e. The van der Waals surface area contributed by atoms with E-state index in [-0.39, 0.29) is 0 Å². The van der Waals surface area contributed by atoms with E-state index in [1.165, 1.54) is 0 Å². The number of halogens is 1. The number of hydrogen-bond acceptors (Lipinski definition) is 3. The summed E-state index contributed by atoms with van der Waals surface area (Å²) in [5, 5.41) is 12.6. The molecule has 0 fully saturated rings. The Morgan fingerprint density at radius 3 is 2.67 bits per heavy atom. The van der Waals surface area contributed by atoms with Gasteiger partial charge in [-0.3, -0.25) is 0 Å². The molecule has 0 heterocycles. The molecule has 0 unspecified atom stereocenters. The second-order valence-electron chi connectivity index (χ2n) is 3.97. The lowest BCUT2D eigenvalue weighted by Gasteiger charge is -2.13. The minimum Gasteiger partial charge on any atom is -0.397 e. The van der Waals surface area contributed by atoms with E-state index >= 15 is 0 Å². The molecule has 2 aromatic carbocycles. The van der Waals surface area contributed by atoms with Crippen LogP contribution in [0.15, 0.2) is 36.4 Å². The number of rotatable bonds is 2. The lowest BCUT2D eigenvalue weighted by atomic mass is 10.1. The zero-order chi connectivity index (χ0) is 13.1. The Kier molecular flexibility index (Phi) is 3.40. The third-order valence-electron chi connectivity index (χ3n) is 2.66. The van der Waals surface area contributed by atoms with E-state index in [0.29, 0.717) is 16.3 Å². The fourth-order valence-corrected chi connectivity index (χ4v) is 1.94. The lowest BCUT2D eigenvalue weighted by molar-refractivity contribution is 1.42. The summed E-state index contributed by atoms with van der Waals surface area (Å²) >= 11 is 6.13. The molecule has 4 heteroatoms. The summed E-state index contributed by atoms with van der Waals surface area (Å²) in [6, 6.07) is 12.8. The largest absolute Gasteiger partial charge is 0.397 e. The predicted molar refractivity (Wildman–Crippen MR) is 75.0 cm³/mol. The van der Waals surface area contributed by atoms with Gasteiger partial charge in [0.2, 0.25) is 0 Å². The fraction of sp³-hybridized carbons (Fsp3) is 0.0714. The Morgan fingerprint density at radius 2 is 2.06 bits per heavy atom. The van der Waals surface area contributed by atoms with Gasteiger partial charge in [0.1, 0.15) is 0 Å². The molecule has 0 amide bonds. The van der Waals surface area contributed by atoms with Gasteiger partial charge in [-0.25, -0.2) is 0 Å².